The molecule has 2 aromatic carbocycles. The zero-order valence-electron chi connectivity index (χ0n) is 12.5. The van der Waals surface area contributed by atoms with Gasteiger partial charge in [0.2, 0.25) is 0 Å². The molecule has 2 rings (SSSR count). The first-order valence-corrected chi connectivity index (χ1v) is 8.30. The van der Waals surface area contributed by atoms with Gasteiger partial charge in [-0.3, -0.25) is 4.79 Å². The van der Waals surface area contributed by atoms with Crippen LogP contribution in [0.15, 0.2) is 59.5 Å². The Hall–Kier alpha value is -2.38. The average Bonchev–Trinajstić information content (AvgIpc) is 2.53. The molecular formula is C16H17NO5S. The van der Waals surface area contributed by atoms with E-state index in [1.807, 2.05) is 0 Å². The van der Waals surface area contributed by atoms with E-state index in [9.17, 15) is 13.2 Å². The zero-order valence-corrected chi connectivity index (χ0v) is 13.3. The Labute approximate surface area is 135 Å². The van der Waals surface area contributed by atoms with E-state index in [4.69, 9.17) is 14.7 Å². The van der Waals surface area contributed by atoms with Gasteiger partial charge in [-0.1, -0.05) is 30.3 Å². The molecule has 0 amide bonds. The molecule has 2 N–H and O–H groups in total. The predicted molar refractivity (Wildman–Crippen MR) is 84.3 cm³/mol. The molecule has 0 fully saturated rings. The first kappa shape index (κ1) is 17.0. The SMILES string of the molecule is CC(=O)OC(CN)c1cccc(OS(=O)(=O)c2ccccc2)c1. The van der Waals surface area contributed by atoms with Crippen molar-refractivity contribution < 1.29 is 22.1 Å². The molecule has 23 heavy (non-hydrogen) atoms. The van der Waals surface area contributed by atoms with Crippen molar-refractivity contribution in [3.8, 4) is 5.75 Å². The number of carbonyl (C=O) groups is 1. The fourth-order valence-corrected chi connectivity index (χ4v) is 2.92. The van der Waals surface area contributed by atoms with Gasteiger partial charge in [-0.15, -0.1) is 0 Å². The Balaban J connectivity index is 2.25. The summed E-state index contributed by atoms with van der Waals surface area (Å²) in [5.74, 6) is -0.347. The summed E-state index contributed by atoms with van der Waals surface area (Å²) in [7, 11) is -3.92. The van der Waals surface area contributed by atoms with E-state index in [0.717, 1.165) is 0 Å². The summed E-state index contributed by atoms with van der Waals surface area (Å²) < 4.78 is 34.6. The predicted octanol–water partition coefficient (Wildman–Crippen LogP) is 2.02. The van der Waals surface area contributed by atoms with Crippen molar-refractivity contribution in [3.05, 3.63) is 60.2 Å². The lowest BCUT2D eigenvalue weighted by molar-refractivity contribution is -0.146. The molecule has 0 aliphatic carbocycles. The summed E-state index contributed by atoms with van der Waals surface area (Å²) in [6.07, 6.45) is -0.657. The highest BCUT2D eigenvalue weighted by Gasteiger charge is 2.18. The van der Waals surface area contributed by atoms with Crippen LogP contribution in [0.25, 0.3) is 0 Å². The van der Waals surface area contributed by atoms with Gasteiger partial charge in [-0.25, -0.2) is 0 Å². The molecule has 0 aliphatic heterocycles. The lowest BCUT2D eigenvalue weighted by Gasteiger charge is -2.16. The molecule has 0 aliphatic rings. The van der Waals surface area contributed by atoms with E-state index in [0.29, 0.717) is 5.56 Å². The van der Waals surface area contributed by atoms with Crippen LogP contribution >= 0.6 is 0 Å². The molecule has 0 spiro atoms. The molecule has 0 saturated heterocycles. The minimum Gasteiger partial charge on any atom is -0.456 e. The highest BCUT2D eigenvalue weighted by molar-refractivity contribution is 7.87. The van der Waals surface area contributed by atoms with Gasteiger partial charge in [0, 0.05) is 13.5 Å². The Morgan fingerprint density at radius 2 is 1.83 bits per heavy atom. The van der Waals surface area contributed by atoms with Crippen molar-refractivity contribution >= 4 is 16.1 Å². The van der Waals surface area contributed by atoms with E-state index in [2.05, 4.69) is 0 Å². The summed E-state index contributed by atoms with van der Waals surface area (Å²) in [6, 6.07) is 14.1. The lowest BCUT2D eigenvalue weighted by atomic mass is 10.1. The first-order valence-electron chi connectivity index (χ1n) is 6.89. The molecule has 0 saturated carbocycles. The quantitative estimate of drug-likeness (QED) is 0.641. The fourth-order valence-electron chi connectivity index (χ4n) is 1.98. The minimum atomic E-state index is -3.92. The van der Waals surface area contributed by atoms with E-state index in [-0.39, 0.29) is 17.2 Å². The third-order valence-electron chi connectivity index (χ3n) is 2.99. The van der Waals surface area contributed by atoms with E-state index in [1.165, 1.54) is 31.2 Å². The Morgan fingerprint density at radius 3 is 2.43 bits per heavy atom. The van der Waals surface area contributed by atoms with E-state index >= 15 is 0 Å². The molecular weight excluding hydrogens is 318 g/mol. The topological polar surface area (TPSA) is 95.7 Å². The molecule has 2 aromatic rings. The van der Waals surface area contributed by atoms with Crippen molar-refractivity contribution in [1.82, 2.24) is 0 Å². The molecule has 0 bridgehead atoms. The van der Waals surface area contributed by atoms with Crippen LogP contribution < -0.4 is 9.92 Å². The maximum absolute atomic E-state index is 12.2. The standard InChI is InChI=1S/C16H17NO5S/c1-12(18)21-16(11-17)13-6-5-7-14(10-13)22-23(19,20)15-8-3-2-4-9-15/h2-10,16H,11,17H2,1H3. The number of nitrogens with two attached hydrogens (primary N) is 1. The summed E-state index contributed by atoms with van der Waals surface area (Å²) in [6.45, 7) is 1.36. The monoisotopic (exact) mass is 335 g/mol. The molecule has 1 atom stereocenters. The number of hydrogen-bond donors (Lipinski definition) is 1. The van der Waals surface area contributed by atoms with Gasteiger partial charge in [0.05, 0.1) is 0 Å². The number of ether oxygens (including phenoxy) is 1. The molecule has 0 heterocycles. The average molecular weight is 335 g/mol. The van der Waals surface area contributed by atoms with Crippen LogP contribution in [0.3, 0.4) is 0 Å². The number of hydrogen-bond acceptors (Lipinski definition) is 6. The third-order valence-corrected chi connectivity index (χ3v) is 4.25. The molecule has 1 unspecified atom stereocenters. The lowest BCUT2D eigenvalue weighted by Crippen LogP contribution is -2.18. The van der Waals surface area contributed by atoms with Crippen molar-refractivity contribution in [1.29, 1.82) is 0 Å². The van der Waals surface area contributed by atoms with E-state index < -0.39 is 22.2 Å². The summed E-state index contributed by atoms with van der Waals surface area (Å²) in [5.41, 5.74) is 6.14. The molecule has 0 radical (unpaired) electrons. The maximum atomic E-state index is 12.2. The third kappa shape index (κ3) is 4.54. The van der Waals surface area contributed by atoms with Gasteiger partial charge in [0.15, 0.2) is 0 Å². The highest BCUT2D eigenvalue weighted by Crippen LogP contribution is 2.24. The van der Waals surface area contributed by atoms with Crippen LogP contribution in [0.1, 0.15) is 18.6 Å². The normalized spacial score (nSPS) is 12.4. The zero-order chi connectivity index (χ0) is 16.9. The second-order valence-electron chi connectivity index (χ2n) is 4.76. The maximum Gasteiger partial charge on any atom is 0.339 e. The van der Waals surface area contributed by atoms with E-state index in [1.54, 1.807) is 30.3 Å². The van der Waals surface area contributed by atoms with Crippen LogP contribution in [0.2, 0.25) is 0 Å². The number of esters is 1. The second kappa shape index (κ2) is 7.26. The van der Waals surface area contributed by atoms with Gasteiger partial charge in [-0.2, -0.15) is 8.42 Å². The van der Waals surface area contributed by atoms with Crippen molar-refractivity contribution in [3.63, 3.8) is 0 Å². The fraction of sp³-hybridized carbons (Fsp3) is 0.188. The smallest absolute Gasteiger partial charge is 0.339 e. The molecule has 6 nitrogen and oxygen atoms in total. The Bertz CT molecular complexity index is 774. The van der Waals surface area contributed by atoms with Crippen molar-refractivity contribution in [2.45, 2.75) is 17.9 Å². The Morgan fingerprint density at radius 1 is 1.13 bits per heavy atom. The molecule has 122 valence electrons. The number of benzene rings is 2. The minimum absolute atomic E-state index is 0.0563. The van der Waals surface area contributed by atoms with Crippen molar-refractivity contribution in [2.75, 3.05) is 6.54 Å². The largest absolute Gasteiger partial charge is 0.456 e. The van der Waals surface area contributed by atoms with Crippen LogP contribution in [0.5, 0.6) is 5.75 Å². The van der Waals surface area contributed by atoms with Gasteiger partial charge >= 0.3 is 16.1 Å². The van der Waals surface area contributed by atoms with Gasteiger partial charge in [0.25, 0.3) is 0 Å². The van der Waals surface area contributed by atoms with Gasteiger partial charge in [-0.05, 0) is 29.8 Å². The van der Waals surface area contributed by atoms with Crippen LogP contribution in [0.4, 0.5) is 0 Å². The van der Waals surface area contributed by atoms with Crippen molar-refractivity contribution in [2.24, 2.45) is 5.73 Å². The number of carbonyl (C=O) groups excluding carboxylic acids is 1. The van der Waals surface area contributed by atoms with Gasteiger partial charge in [0.1, 0.15) is 16.7 Å². The van der Waals surface area contributed by atoms with Crippen LogP contribution in [0, 0.1) is 0 Å². The summed E-state index contributed by atoms with van der Waals surface area (Å²) in [5, 5.41) is 0. The molecule has 0 aromatic heterocycles. The van der Waals surface area contributed by atoms with Gasteiger partial charge < -0.3 is 14.7 Å². The number of rotatable bonds is 6. The second-order valence-corrected chi connectivity index (χ2v) is 6.30. The molecule has 7 heteroatoms. The highest BCUT2D eigenvalue weighted by atomic mass is 32.2. The van der Waals surface area contributed by atoms with Crippen LogP contribution in [-0.2, 0) is 19.6 Å². The summed E-state index contributed by atoms with van der Waals surface area (Å²) >= 11 is 0. The Kier molecular flexibility index (Phi) is 5.36. The first-order chi connectivity index (χ1) is 10.9. The summed E-state index contributed by atoms with van der Waals surface area (Å²) in [4.78, 5) is 11.1. The van der Waals surface area contributed by atoms with Crippen LogP contribution in [-0.4, -0.2) is 20.9 Å².